The zero-order chi connectivity index (χ0) is 14.7. The summed E-state index contributed by atoms with van der Waals surface area (Å²) in [6.45, 7) is 10.6. The van der Waals surface area contributed by atoms with Crippen molar-refractivity contribution in [2.45, 2.75) is 78.1 Å². The standard InChI is InChI=1S/C17H28O3/c1-10(2)12-6-8-16(4)13-7-9-17(5,20-13)15(16)14(12)19-11(3)18/h10,12-15H,6-9H2,1-5H3/t12-,13-,14+,15+,16-,17+/m0/s1. The Hall–Kier alpha value is -0.570. The van der Waals surface area contributed by atoms with Crippen molar-refractivity contribution in [2.24, 2.45) is 23.2 Å². The quantitative estimate of drug-likeness (QED) is 0.726. The second-order valence-electron chi connectivity index (χ2n) is 7.96. The van der Waals surface area contributed by atoms with Gasteiger partial charge in [-0.3, -0.25) is 4.79 Å². The largest absolute Gasteiger partial charge is 0.462 e. The van der Waals surface area contributed by atoms with Gasteiger partial charge in [0.1, 0.15) is 6.10 Å². The minimum Gasteiger partial charge on any atom is -0.462 e. The van der Waals surface area contributed by atoms with Crippen LogP contribution in [0.2, 0.25) is 0 Å². The summed E-state index contributed by atoms with van der Waals surface area (Å²) in [4.78, 5) is 11.6. The van der Waals surface area contributed by atoms with Gasteiger partial charge in [-0.15, -0.1) is 0 Å². The highest BCUT2D eigenvalue weighted by atomic mass is 16.6. The summed E-state index contributed by atoms with van der Waals surface area (Å²) in [7, 11) is 0. The van der Waals surface area contributed by atoms with Gasteiger partial charge in [0, 0.05) is 18.3 Å². The van der Waals surface area contributed by atoms with Crippen LogP contribution in [-0.4, -0.2) is 23.8 Å². The van der Waals surface area contributed by atoms with Crippen molar-refractivity contribution in [3.63, 3.8) is 0 Å². The van der Waals surface area contributed by atoms with E-state index in [4.69, 9.17) is 9.47 Å². The molecule has 0 aromatic rings. The topological polar surface area (TPSA) is 35.5 Å². The fourth-order valence-electron chi connectivity index (χ4n) is 5.44. The Morgan fingerprint density at radius 2 is 1.95 bits per heavy atom. The molecule has 3 heteroatoms. The SMILES string of the molecule is CC(=O)O[C@H]1[C@@H]2[C@@](C)(CC[C@H]1C(C)C)[C@@H]1CC[C@@]2(C)O1. The molecule has 3 nitrogen and oxygen atoms in total. The molecule has 1 saturated carbocycles. The maximum atomic E-state index is 11.6. The molecule has 114 valence electrons. The first-order valence-corrected chi connectivity index (χ1v) is 8.13. The van der Waals surface area contributed by atoms with Crippen molar-refractivity contribution < 1.29 is 14.3 Å². The Kier molecular flexibility index (Phi) is 3.20. The van der Waals surface area contributed by atoms with E-state index < -0.39 is 0 Å². The Labute approximate surface area is 122 Å². The fourth-order valence-corrected chi connectivity index (χ4v) is 5.44. The lowest BCUT2D eigenvalue weighted by Crippen LogP contribution is -2.56. The zero-order valence-electron chi connectivity index (χ0n) is 13.4. The van der Waals surface area contributed by atoms with Gasteiger partial charge < -0.3 is 9.47 Å². The number of ether oxygens (including phenoxy) is 2. The molecule has 0 aromatic carbocycles. The lowest BCUT2D eigenvalue weighted by atomic mass is 9.53. The summed E-state index contributed by atoms with van der Waals surface area (Å²) in [5, 5.41) is 0. The molecule has 2 bridgehead atoms. The van der Waals surface area contributed by atoms with Crippen molar-refractivity contribution in [2.75, 3.05) is 0 Å². The second kappa shape index (κ2) is 4.46. The highest BCUT2D eigenvalue weighted by molar-refractivity contribution is 5.66. The van der Waals surface area contributed by atoms with Crippen LogP contribution in [-0.2, 0) is 14.3 Å². The predicted molar refractivity (Wildman–Crippen MR) is 77.2 cm³/mol. The molecule has 3 aliphatic rings. The van der Waals surface area contributed by atoms with Crippen LogP contribution in [0, 0.1) is 23.2 Å². The highest BCUT2D eigenvalue weighted by Gasteiger charge is 2.68. The van der Waals surface area contributed by atoms with Crippen molar-refractivity contribution in [3.8, 4) is 0 Å². The maximum absolute atomic E-state index is 11.6. The van der Waals surface area contributed by atoms with Crippen molar-refractivity contribution in [3.05, 3.63) is 0 Å². The van der Waals surface area contributed by atoms with Crippen molar-refractivity contribution >= 4 is 5.97 Å². The zero-order valence-corrected chi connectivity index (χ0v) is 13.4. The molecule has 3 rings (SSSR count). The van der Waals surface area contributed by atoms with Crippen LogP contribution in [0.4, 0.5) is 0 Å². The van der Waals surface area contributed by atoms with Crippen molar-refractivity contribution in [1.82, 2.24) is 0 Å². The first kappa shape index (κ1) is 14.4. The lowest BCUT2D eigenvalue weighted by molar-refractivity contribution is -0.169. The average molecular weight is 280 g/mol. The summed E-state index contributed by atoms with van der Waals surface area (Å²) in [5.41, 5.74) is 0.103. The molecule has 20 heavy (non-hydrogen) atoms. The van der Waals surface area contributed by atoms with E-state index in [0.717, 1.165) is 12.8 Å². The van der Waals surface area contributed by atoms with Crippen LogP contribution in [0.5, 0.6) is 0 Å². The molecule has 3 fully saturated rings. The first-order chi connectivity index (χ1) is 9.28. The van der Waals surface area contributed by atoms with Gasteiger partial charge in [-0.05, 0) is 44.4 Å². The summed E-state index contributed by atoms with van der Waals surface area (Å²) in [6.07, 6.45) is 5.03. The van der Waals surface area contributed by atoms with Gasteiger partial charge in [0.05, 0.1) is 11.7 Å². The van der Waals surface area contributed by atoms with Gasteiger partial charge in [-0.25, -0.2) is 0 Å². The molecule has 0 unspecified atom stereocenters. The van der Waals surface area contributed by atoms with Gasteiger partial charge in [0.2, 0.25) is 0 Å². The minimum absolute atomic E-state index is 0.0292. The number of hydrogen-bond acceptors (Lipinski definition) is 3. The van der Waals surface area contributed by atoms with E-state index in [0.29, 0.717) is 23.9 Å². The molecule has 1 aliphatic carbocycles. The molecule has 2 saturated heterocycles. The third-order valence-electron chi connectivity index (χ3n) is 6.34. The predicted octanol–water partition coefficient (Wildman–Crippen LogP) is 3.56. The van der Waals surface area contributed by atoms with E-state index in [1.165, 1.54) is 12.8 Å². The monoisotopic (exact) mass is 280 g/mol. The molecule has 0 radical (unpaired) electrons. The molecular formula is C17H28O3. The van der Waals surface area contributed by atoms with Gasteiger partial charge >= 0.3 is 5.97 Å². The number of rotatable bonds is 2. The van der Waals surface area contributed by atoms with E-state index >= 15 is 0 Å². The van der Waals surface area contributed by atoms with E-state index in [2.05, 4.69) is 27.7 Å². The maximum Gasteiger partial charge on any atom is 0.302 e. The molecule has 0 N–H and O–H groups in total. The van der Waals surface area contributed by atoms with Crippen molar-refractivity contribution in [1.29, 1.82) is 0 Å². The van der Waals surface area contributed by atoms with E-state index in [1.807, 2.05) is 0 Å². The Bertz CT molecular complexity index is 418. The average Bonchev–Trinajstić information content (AvgIpc) is 2.80. The number of esters is 1. The molecule has 0 spiro atoms. The summed E-state index contributed by atoms with van der Waals surface area (Å²) >= 11 is 0. The third kappa shape index (κ3) is 1.85. The van der Waals surface area contributed by atoms with Crippen LogP contribution in [0.1, 0.15) is 60.3 Å². The van der Waals surface area contributed by atoms with Crippen LogP contribution >= 0.6 is 0 Å². The smallest absolute Gasteiger partial charge is 0.302 e. The first-order valence-electron chi connectivity index (χ1n) is 8.13. The second-order valence-corrected chi connectivity index (χ2v) is 7.96. The molecular weight excluding hydrogens is 252 g/mol. The molecule has 6 atom stereocenters. The van der Waals surface area contributed by atoms with Gasteiger partial charge in [0.25, 0.3) is 0 Å². The van der Waals surface area contributed by atoms with E-state index in [-0.39, 0.29) is 23.1 Å². The van der Waals surface area contributed by atoms with Crippen LogP contribution < -0.4 is 0 Å². The van der Waals surface area contributed by atoms with E-state index in [1.54, 1.807) is 6.92 Å². The van der Waals surface area contributed by atoms with Gasteiger partial charge in [-0.1, -0.05) is 20.8 Å². The minimum atomic E-state index is -0.142. The number of fused-ring (bicyclic) bond motifs is 5. The molecule has 0 amide bonds. The highest BCUT2D eigenvalue weighted by Crippen LogP contribution is 2.64. The van der Waals surface area contributed by atoms with Crippen LogP contribution in [0.25, 0.3) is 0 Å². The van der Waals surface area contributed by atoms with E-state index in [9.17, 15) is 4.79 Å². The Balaban J connectivity index is 1.97. The molecule has 0 aromatic heterocycles. The Morgan fingerprint density at radius 3 is 2.55 bits per heavy atom. The summed E-state index contributed by atoms with van der Waals surface area (Å²) < 4.78 is 12.2. The normalized spacial score (nSPS) is 50.3. The summed E-state index contributed by atoms with van der Waals surface area (Å²) in [5.74, 6) is 1.23. The van der Waals surface area contributed by atoms with Crippen LogP contribution in [0.15, 0.2) is 0 Å². The van der Waals surface area contributed by atoms with Crippen LogP contribution in [0.3, 0.4) is 0 Å². The van der Waals surface area contributed by atoms with Gasteiger partial charge in [0.15, 0.2) is 0 Å². The molecule has 2 heterocycles. The van der Waals surface area contributed by atoms with Gasteiger partial charge in [-0.2, -0.15) is 0 Å². The molecule has 2 aliphatic heterocycles. The lowest BCUT2D eigenvalue weighted by Gasteiger charge is -2.52. The third-order valence-corrected chi connectivity index (χ3v) is 6.34. The number of hydrogen-bond donors (Lipinski definition) is 0. The number of carbonyl (C=O) groups excluding carboxylic acids is 1. The Morgan fingerprint density at radius 1 is 1.25 bits per heavy atom. The number of carbonyl (C=O) groups is 1. The summed E-state index contributed by atoms with van der Waals surface area (Å²) in [6, 6.07) is 0. The fraction of sp³-hybridized carbons (Fsp3) is 0.941.